The normalized spacial score (nSPS) is 34.2. The van der Waals surface area contributed by atoms with Crippen molar-refractivity contribution < 1.29 is 4.74 Å². The Balaban J connectivity index is 2.25. The lowest BCUT2D eigenvalue weighted by atomic mass is 9.95. The van der Waals surface area contributed by atoms with Gasteiger partial charge in [0.05, 0.1) is 6.10 Å². The van der Waals surface area contributed by atoms with E-state index in [1.54, 1.807) is 7.11 Å². The highest BCUT2D eigenvalue weighted by molar-refractivity contribution is 4.75. The highest BCUT2D eigenvalue weighted by atomic mass is 16.5. The van der Waals surface area contributed by atoms with Crippen molar-refractivity contribution in [2.75, 3.05) is 20.2 Å². The van der Waals surface area contributed by atoms with Gasteiger partial charge in [0.2, 0.25) is 0 Å². The lowest BCUT2D eigenvalue weighted by Gasteiger charge is -2.28. The van der Waals surface area contributed by atoms with E-state index < -0.39 is 0 Å². The molecule has 0 aromatic rings. The molecule has 1 aliphatic rings. The van der Waals surface area contributed by atoms with Crippen LogP contribution in [0.3, 0.4) is 0 Å². The quantitative estimate of drug-likeness (QED) is 0.623. The fourth-order valence-electron chi connectivity index (χ4n) is 1.48. The topological polar surface area (TPSA) is 21.3 Å². The standard InChI is InChI=1S/C8H17NO/c1-3-7-4-8(10-2)6-9-5-7/h7-9H,3-6H2,1-2H3/t7-,8+/m0/s1. The first kappa shape index (κ1) is 8.02. The Morgan fingerprint density at radius 1 is 1.50 bits per heavy atom. The molecule has 0 bridgehead atoms. The van der Waals surface area contributed by atoms with Crippen LogP contribution in [0.1, 0.15) is 19.8 Å². The molecule has 1 aliphatic heterocycles. The van der Waals surface area contributed by atoms with E-state index in [-0.39, 0.29) is 0 Å². The van der Waals surface area contributed by atoms with Crippen LogP contribution in [0.2, 0.25) is 0 Å². The molecule has 1 saturated heterocycles. The first-order valence-corrected chi connectivity index (χ1v) is 4.10. The SMILES string of the molecule is CC[C@@H]1CNC[C@H](OC)C1. The van der Waals surface area contributed by atoms with Crippen LogP contribution in [-0.2, 0) is 4.74 Å². The van der Waals surface area contributed by atoms with E-state index in [0.29, 0.717) is 6.10 Å². The highest BCUT2D eigenvalue weighted by Crippen LogP contribution is 2.15. The summed E-state index contributed by atoms with van der Waals surface area (Å²) >= 11 is 0. The fraction of sp³-hybridized carbons (Fsp3) is 1.00. The van der Waals surface area contributed by atoms with Crippen molar-refractivity contribution in [1.82, 2.24) is 5.32 Å². The summed E-state index contributed by atoms with van der Waals surface area (Å²) < 4.78 is 5.26. The second-order valence-corrected chi connectivity index (χ2v) is 3.03. The third-order valence-corrected chi connectivity index (χ3v) is 2.31. The van der Waals surface area contributed by atoms with Gasteiger partial charge in [0.15, 0.2) is 0 Å². The molecule has 0 aromatic carbocycles. The lowest BCUT2D eigenvalue weighted by molar-refractivity contribution is 0.0609. The maximum Gasteiger partial charge on any atom is 0.0698 e. The smallest absolute Gasteiger partial charge is 0.0698 e. The largest absolute Gasteiger partial charge is 0.380 e. The second-order valence-electron chi connectivity index (χ2n) is 3.03. The van der Waals surface area contributed by atoms with Gasteiger partial charge in [0, 0.05) is 13.7 Å². The Kier molecular flexibility index (Phi) is 3.16. The summed E-state index contributed by atoms with van der Waals surface area (Å²) in [5.74, 6) is 0.832. The first-order valence-electron chi connectivity index (χ1n) is 4.10. The van der Waals surface area contributed by atoms with Crippen LogP contribution in [0.15, 0.2) is 0 Å². The zero-order valence-electron chi connectivity index (χ0n) is 6.89. The highest BCUT2D eigenvalue weighted by Gasteiger charge is 2.19. The molecule has 10 heavy (non-hydrogen) atoms. The summed E-state index contributed by atoms with van der Waals surface area (Å²) in [6.07, 6.45) is 2.96. The van der Waals surface area contributed by atoms with Gasteiger partial charge in [-0.15, -0.1) is 0 Å². The lowest BCUT2D eigenvalue weighted by Crippen LogP contribution is -2.40. The molecule has 0 radical (unpaired) electrons. The number of methoxy groups -OCH3 is 1. The molecule has 2 heteroatoms. The molecule has 0 aromatic heterocycles. The summed E-state index contributed by atoms with van der Waals surface area (Å²) in [6, 6.07) is 0. The first-order chi connectivity index (χ1) is 4.86. The second kappa shape index (κ2) is 3.94. The van der Waals surface area contributed by atoms with Gasteiger partial charge in [0.1, 0.15) is 0 Å². The number of ether oxygens (including phenoxy) is 1. The molecule has 0 spiro atoms. The van der Waals surface area contributed by atoms with Gasteiger partial charge in [-0.05, 0) is 18.9 Å². The van der Waals surface area contributed by atoms with E-state index in [1.165, 1.54) is 19.4 Å². The van der Waals surface area contributed by atoms with Crippen LogP contribution < -0.4 is 5.32 Å². The average molecular weight is 143 g/mol. The van der Waals surface area contributed by atoms with E-state index in [4.69, 9.17) is 4.74 Å². The summed E-state index contributed by atoms with van der Waals surface area (Å²) in [5, 5.41) is 3.36. The Labute approximate surface area is 63.0 Å². The van der Waals surface area contributed by atoms with Crippen molar-refractivity contribution in [1.29, 1.82) is 0 Å². The third kappa shape index (κ3) is 1.96. The summed E-state index contributed by atoms with van der Waals surface area (Å²) in [5.41, 5.74) is 0. The molecular formula is C8H17NO. The summed E-state index contributed by atoms with van der Waals surface area (Å²) in [4.78, 5) is 0. The number of nitrogens with one attached hydrogen (secondary N) is 1. The molecule has 1 rings (SSSR count). The minimum absolute atomic E-state index is 0.457. The monoisotopic (exact) mass is 143 g/mol. The third-order valence-electron chi connectivity index (χ3n) is 2.31. The van der Waals surface area contributed by atoms with Crippen molar-refractivity contribution in [3.63, 3.8) is 0 Å². The zero-order valence-corrected chi connectivity index (χ0v) is 6.89. The summed E-state index contributed by atoms with van der Waals surface area (Å²) in [6.45, 7) is 4.45. The van der Waals surface area contributed by atoms with Gasteiger partial charge in [-0.1, -0.05) is 13.3 Å². The van der Waals surface area contributed by atoms with Crippen molar-refractivity contribution in [3.05, 3.63) is 0 Å². The Bertz CT molecular complexity index is 85.3. The van der Waals surface area contributed by atoms with Gasteiger partial charge >= 0.3 is 0 Å². The van der Waals surface area contributed by atoms with Gasteiger partial charge < -0.3 is 10.1 Å². The van der Waals surface area contributed by atoms with Crippen LogP contribution in [0, 0.1) is 5.92 Å². The molecule has 60 valence electrons. The molecule has 1 heterocycles. The van der Waals surface area contributed by atoms with Crippen LogP contribution in [-0.4, -0.2) is 26.3 Å². The van der Waals surface area contributed by atoms with Crippen molar-refractivity contribution in [3.8, 4) is 0 Å². The maximum atomic E-state index is 5.26. The van der Waals surface area contributed by atoms with E-state index in [1.807, 2.05) is 0 Å². The minimum Gasteiger partial charge on any atom is -0.380 e. The Morgan fingerprint density at radius 2 is 2.30 bits per heavy atom. The zero-order chi connectivity index (χ0) is 7.40. The molecule has 0 amide bonds. The molecule has 2 nitrogen and oxygen atoms in total. The van der Waals surface area contributed by atoms with E-state index >= 15 is 0 Å². The van der Waals surface area contributed by atoms with E-state index in [0.717, 1.165) is 12.5 Å². The molecule has 0 saturated carbocycles. The molecule has 1 fully saturated rings. The Morgan fingerprint density at radius 3 is 2.90 bits per heavy atom. The number of hydrogen-bond acceptors (Lipinski definition) is 2. The van der Waals surface area contributed by atoms with Crippen molar-refractivity contribution >= 4 is 0 Å². The number of piperidine rings is 1. The molecular weight excluding hydrogens is 126 g/mol. The molecule has 0 aliphatic carbocycles. The van der Waals surface area contributed by atoms with Crippen molar-refractivity contribution in [2.24, 2.45) is 5.92 Å². The van der Waals surface area contributed by atoms with Gasteiger partial charge in [-0.2, -0.15) is 0 Å². The van der Waals surface area contributed by atoms with Crippen molar-refractivity contribution in [2.45, 2.75) is 25.9 Å². The number of hydrogen-bond donors (Lipinski definition) is 1. The molecule has 0 unspecified atom stereocenters. The predicted molar refractivity (Wildman–Crippen MR) is 42.1 cm³/mol. The fourth-order valence-corrected chi connectivity index (χ4v) is 1.48. The van der Waals surface area contributed by atoms with E-state index in [9.17, 15) is 0 Å². The van der Waals surface area contributed by atoms with Gasteiger partial charge in [-0.25, -0.2) is 0 Å². The van der Waals surface area contributed by atoms with Crippen LogP contribution in [0.25, 0.3) is 0 Å². The molecule has 2 atom stereocenters. The van der Waals surface area contributed by atoms with Crippen LogP contribution in [0.5, 0.6) is 0 Å². The average Bonchev–Trinajstić information content (AvgIpc) is 2.05. The minimum atomic E-state index is 0.457. The van der Waals surface area contributed by atoms with E-state index in [2.05, 4.69) is 12.2 Å². The predicted octanol–water partition coefficient (Wildman–Crippen LogP) is 1.02. The number of rotatable bonds is 2. The van der Waals surface area contributed by atoms with Crippen LogP contribution >= 0.6 is 0 Å². The molecule has 1 N–H and O–H groups in total. The maximum absolute atomic E-state index is 5.26. The summed E-state index contributed by atoms with van der Waals surface area (Å²) in [7, 11) is 1.80. The van der Waals surface area contributed by atoms with Gasteiger partial charge in [0.25, 0.3) is 0 Å². The van der Waals surface area contributed by atoms with Crippen LogP contribution in [0.4, 0.5) is 0 Å². The Hall–Kier alpha value is -0.0800. The van der Waals surface area contributed by atoms with Gasteiger partial charge in [-0.3, -0.25) is 0 Å².